The lowest BCUT2D eigenvalue weighted by molar-refractivity contribution is -0.165. The summed E-state index contributed by atoms with van der Waals surface area (Å²) in [4.78, 5) is 26.9. The summed E-state index contributed by atoms with van der Waals surface area (Å²) in [6.45, 7) is 0.341. The number of ether oxygens (including phenoxy) is 2. The zero-order valence-corrected chi connectivity index (χ0v) is 12.3. The second kappa shape index (κ2) is 4.43. The van der Waals surface area contributed by atoms with E-state index in [2.05, 4.69) is 0 Å². The van der Waals surface area contributed by atoms with Gasteiger partial charge in [-0.25, -0.2) is 0 Å². The van der Waals surface area contributed by atoms with Crippen molar-refractivity contribution in [1.29, 1.82) is 0 Å². The van der Waals surface area contributed by atoms with Crippen molar-refractivity contribution in [3.8, 4) is 0 Å². The highest BCUT2D eigenvalue weighted by atomic mass is 16.7. The van der Waals surface area contributed by atoms with Crippen LogP contribution in [0.3, 0.4) is 0 Å². The molecule has 0 aliphatic carbocycles. The molecule has 4 aliphatic heterocycles. The predicted octanol–water partition coefficient (Wildman–Crippen LogP) is 0.438. The van der Waals surface area contributed by atoms with E-state index in [0.29, 0.717) is 6.61 Å². The van der Waals surface area contributed by atoms with Crippen molar-refractivity contribution in [2.45, 2.75) is 24.5 Å². The average molecular weight is 312 g/mol. The van der Waals surface area contributed by atoms with Crippen LogP contribution in [0.5, 0.6) is 0 Å². The lowest BCUT2D eigenvalue weighted by Crippen LogP contribution is -2.49. The number of ketones is 1. The fraction of sp³-hybridized carbons (Fsp3) is 0.412. The Bertz CT molecular complexity index is 746. The van der Waals surface area contributed by atoms with Gasteiger partial charge in [-0.3, -0.25) is 9.59 Å². The third-order valence-corrected chi connectivity index (χ3v) is 5.49. The summed E-state index contributed by atoms with van der Waals surface area (Å²) >= 11 is 0. The standard InChI is InChI=1S/C17H16N2O4/c18-16(21)14-11-10-7-22-17(23-10)15(20)12(11)13-9-4-2-1-3-8(9)5-6-19(13)14/h1-6,10-14,17H,7H2,(H2,18,21)/t10-,11-,12-,13+,14-,17+/m1/s1. The topological polar surface area (TPSA) is 81.9 Å². The molecule has 23 heavy (non-hydrogen) atoms. The minimum atomic E-state index is -0.798. The third-order valence-electron chi connectivity index (χ3n) is 5.49. The van der Waals surface area contributed by atoms with Gasteiger partial charge in [0, 0.05) is 12.1 Å². The Kier molecular flexibility index (Phi) is 2.56. The number of nitrogens with zero attached hydrogens (tertiary/aromatic N) is 1. The summed E-state index contributed by atoms with van der Waals surface area (Å²) in [5, 5.41) is 0. The molecule has 6 heteroatoms. The Morgan fingerprint density at radius 3 is 2.96 bits per heavy atom. The summed E-state index contributed by atoms with van der Waals surface area (Å²) < 4.78 is 11.1. The van der Waals surface area contributed by atoms with Crippen molar-refractivity contribution in [3.63, 3.8) is 0 Å². The Labute approximate surface area is 132 Å². The van der Waals surface area contributed by atoms with E-state index < -0.39 is 18.2 Å². The van der Waals surface area contributed by atoms with Crippen molar-refractivity contribution in [3.05, 3.63) is 41.6 Å². The molecule has 3 saturated heterocycles. The molecule has 5 rings (SSSR count). The third kappa shape index (κ3) is 1.59. The predicted molar refractivity (Wildman–Crippen MR) is 79.6 cm³/mol. The van der Waals surface area contributed by atoms with Crippen molar-refractivity contribution < 1.29 is 19.1 Å². The van der Waals surface area contributed by atoms with Crippen LogP contribution in [0.2, 0.25) is 0 Å². The number of hydrogen-bond donors (Lipinski definition) is 1. The van der Waals surface area contributed by atoms with Crippen LogP contribution >= 0.6 is 0 Å². The molecule has 6 nitrogen and oxygen atoms in total. The largest absolute Gasteiger partial charge is 0.368 e. The van der Waals surface area contributed by atoms with Crippen LogP contribution in [0, 0.1) is 11.8 Å². The summed E-state index contributed by atoms with van der Waals surface area (Å²) in [6.07, 6.45) is 2.81. The molecule has 2 N–H and O–H groups in total. The number of Topliss-reactive ketones (excluding diaryl/α,β-unsaturated/α-hetero) is 1. The first kappa shape index (κ1) is 13.3. The number of carbonyl (C=O) groups excluding carboxylic acids is 2. The van der Waals surface area contributed by atoms with E-state index in [9.17, 15) is 9.59 Å². The highest BCUT2D eigenvalue weighted by Gasteiger charge is 2.63. The van der Waals surface area contributed by atoms with Gasteiger partial charge in [-0.05, 0) is 17.2 Å². The number of primary amides is 1. The van der Waals surface area contributed by atoms with Crippen molar-refractivity contribution >= 4 is 17.8 Å². The van der Waals surface area contributed by atoms with Crippen molar-refractivity contribution in [2.24, 2.45) is 17.6 Å². The monoisotopic (exact) mass is 312 g/mol. The quantitative estimate of drug-likeness (QED) is 0.813. The average Bonchev–Trinajstić information content (AvgIpc) is 3.13. The van der Waals surface area contributed by atoms with Crippen LogP contribution in [-0.2, 0) is 19.1 Å². The molecule has 1 aromatic carbocycles. The molecule has 0 unspecified atom stereocenters. The summed E-state index contributed by atoms with van der Waals surface area (Å²) in [6, 6.07) is 7.23. The number of benzene rings is 1. The number of carbonyl (C=O) groups is 2. The van der Waals surface area contributed by atoms with E-state index in [-0.39, 0.29) is 29.8 Å². The maximum Gasteiger partial charge on any atom is 0.240 e. The summed E-state index contributed by atoms with van der Waals surface area (Å²) in [7, 11) is 0. The summed E-state index contributed by atoms with van der Waals surface area (Å²) in [5.74, 6) is -1.09. The van der Waals surface area contributed by atoms with E-state index >= 15 is 0 Å². The molecule has 4 heterocycles. The number of nitrogens with two attached hydrogens (primary N) is 1. The summed E-state index contributed by atoms with van der Waals surface area (Å²) in [5.41, 5.74) is 7.82. The first-order chi connectivity index (χ1) is 11.2. The maximum atomic E-state index is 12.8. The van der Waals surface area contributed by atoms with Crippen molar-refractivity contribution in [1.82, 2.24) is 4.90 Å². The van der Waals surface area contributed by atoms with E-state index in [1.54, 1.807) is 0 Å². The van der Waals surface area contributed by atoms with E-state index in [1.807, 2.05) is 41.4 Å². The highest BCUT2D eigenvalue weighted by molar-refractivity contribution is 5.91. The molecule has 6 atom stereocenters. The number of fused-ring (bicyclic) bond motifs is 8. The highest BCUT2D eigenvalue weighted by Crippen LogP contribution is 2.53. The molecular weight excluding hydrogens is 296 g/mol. The molecule has 2 bridgehead atoms. The smallest absolute Gasteiger partial charge is 0.240 e. The SMILES string of the molecule is NC(=O)[C@H]1[C@H]2[C@@H](C(=O)[C@H]3OC[C@H]2O3)[C@@H]2c3ccccc3C=CN12. The molecule has 118 valence electrons. The van der Waals surface area contributed by atoms with Gasteiger partial charge >= 0.3 is 0 Å². The van der Waals surface area contributed by atoms with Crippen LogP contribution in [0.25, 0.3) is 6.08 Å². The minimum Gasteiger partial charge on any atom is -0.368 e. The fourth-order valence-electron chi connectivity index (χ4n) is 4.65. The van der Waals surface area contributed by atoms with Crippen LogP contribution < -0.4 is 5.73 Å². The lowest BCUT2D eigenvalue weighted by Gasteiger charge is -2.33. The number of hydrogen-bond acceptors (Lipinski definition) is 5. The van der Waals surface area contributed by atoms with Gasteiger partial charge in [-0.15, -0.1) is 0 Å². The maximum absolute atomic E-state index is 12.8. The first-order valence-corrected chi connectivity index (χ1v) is 7.81. The van der Waals surface area contributed by atoms with E-state index in [0.717, 1.165) is 11.1 Å². The van der Waals surface area contributed by atoms with Gasteiger partial charge in [0.25, 0.3) is 0 Å². The van der Waals surface area contributed by atoms with Gasteiger partial charge in [0.15, 0.2) is 5.78 Å². The molecule has 0 aromatic heterocycles. The molecule has 1 aromatic rings. The Hall–Kier alpha value is -2.18. The lowest BCUT2D eigenvalue weighted by atomic mass is 9.76. The van der Waals surface area contributed by atoms with E-state index in [4.69, 9.17) is 15.2 Å². The molecule has 0 saturated carbocycles. The van der Waals surface area contributed by atoms with Gasteiger partial charge in [0.1, 0.15) is 6.04 Å². The Balaban J connectivity index is 1.70. The van der Waals surface area contributed by atoms with Crippen molar-refractivity contribution in [2.75, 3.05) is 6.61 Å². The van der Waals surface area contributed by atoms with Gasteiger partial charge in [0.05, 0.1) is 24.7 Å². The fourth-order valence-corrected chi connectivity index (χ4v) is 4.65. The van der Waals surface area contributed by atoms with E-state index in [1.165, 1.54) is 0 Å². The molecular formula is C17H16N2O4. The van der Waals surface area contributed by atoms with Crippen LogP contribution in [0.15, 0.2) is 30.5 Å². The first-order valence-electron chi connectivity index (χ1n) is 7.81. The van der Waals surface area contributed by atoms with Gasteiger partial charge < -0.3 is 20.1 Å². The number of rotatable bonds is 1. The minimum absolute atomic E-state index is 0.0763. The Morgan fingerprint density at radius 2 is 2.13 bits per heavy atom. The normalized spacial score (nSPS) is 39.8. The Morgan fingerprint density at radius 1 is 1.30 bits per heavy atom. The number of amides is 1. The second-order valence-electron chi connectivity index (χ2n) is 6.53. The van der Waals surface area contributed by atoms with Crippen LogP contribution in [0.1, 0.15) is 17.2 Å². The van der Waals surface area contributed by atoms with Gasteiger partial charge in [-0.2, -0.15) is 0 Å². The zero-order valence-electron chi connectivity index (χ0n) is 12.3. The molecule has 3 fully saturated rings. The molecule has 0 spiro atoms. The van der Waals surface area contributed by atoms with Crippen LogP contribution in [-0.4, -0.2) is 41.6 Å². The molecule has 4 aliphatic rings. The van der Waals surface area contributed by atoms with Crippen LogP contribution in [0.4, 0.5) is 0 Å². The van der Waals surface area contributed by atoms with Gasteiger partial charge in [0.2, 0.25) is 12.2 Å². The molecule has 1 amide bonds. The second-order valence-corrected chi connectivity index (χ2v) is 6.53. The molecule has 0 radical (unpaired) electrons. The van der Waals surface area contributed by atoms with Gasteiger partial charge in [-0.1, -0.05) is 24.3 Å². The zero-order chi connectivity index (χ0) is 15.7.